The number of benzene rings is 1. The van der Waals surface area contributed by atoms with Crippen LogP contribution in [0.2, 0.25) is 5.02 Å². The lowest BCUT2D eigenvalue weighted by Crippen LogP contribution is -2.50. The Balaban J connectivity index is 1.76. The molecule has 0 atom stereocenters. The number of nitro groups is 1. The number of anilines is 1. The lowest BCUT2D eigenvalue weighted by molar-refractivity contribution is -0.385. The second kappa shape index (κ2) is 7.58. The molecule has 2 heterocycles. The van der Waals surface area contributed by atoms with Crippen molar-refractivity contribution >= 4 is 34.9 Å². The zero-order valence-corrected chi connectivity index (χ0v) is 14.9. The number of aromatic nitrogens is 1. The minimum Gasteiger partial charge on any atom is -0.365 e. The SMILES string of the molecule is NC(=O)c1cc([N+](=O)[O-])cnc1N1CCN(Cc2ccc(Cl)cc2)C(=O)C1. The number of hydrogen-bond donors (Lipinski definition) is 1. The van der Waals surface area contributed by atoms with E-state index >= 15 is 0 Å². The zero-order chi connectivity index (χ0) is 19.6. The third-order valence-corrected chi connectivity index (χ3v) is 4.49. The van der Waals surface area contributed by atoms with Crippen molar-refractivity contribution in [1.29, 1.82) is 0 Å². The van der Waals surface area contributed by atoms with Gasteiger partial charge in [-0.2, -0.15) is 0 Å². The molecule has 1 saturated heterocycles. The highest BCUT2D eigenvalue weighted by Crippen LogP contribution is 2.24. The molecule has 3 rings (SSSR count). The van der Waals surface area contributed by atoms with E-state index in [9.17, 15) is 19.7 Å². The number of nitrogens with zero attached hydrogens (tertiary/aromatic N) is 4. The van der Waals surface area contributed by atoms with Crippen LogP contribution in [0.15, 0.2) is 36.5 Å². The van der Waals surface area contributed by atoms with E-state index in [1.807, 2.05) is 12.1 Å². The molecule has 0 aliphatic carbocycles. The van der Waals surface area contributed by atoms with Gasteiger partial charge in [0.15, 0.2) is 0 Å². The van der Waals surface area contributed by atoms with E-state index < -0.39 is 10.8 Å². The normalized spacial score (nSPS) is 14.3. The summed E-state index contributed by atoms with van der Waals surface area (Å²) in [5.41, 5.74) is 5.87. The quantitative estimate of drug-likeness (QED) is 0.612. The Hall–Kier alpha value is -3.20. The molecule has 1 aromatic heterocycles. The molecular formula is C17H16ClN5O4. The number of pyridine rings is 1. The molecule has 0 radical (unpaired) electrons. The van der Waals surface area contributed by atoms with Gasteiger partial charge in [-0.1, -0.05) is 23.7 Å². The smallest absolute Gasteiger partial charge is 0.288 e. The Kier molecular flexibility index (Phi) is 5.22. The second-order valence-corrected chi connectivity index (χ2v) is 6.49. The Morgan fingerprint density at radius 3 is 2.59 bits per heavy atom. The predicted molar refractivity (Wildman–Crippen MR) is 98.5 cm³/mol. The van der Waals surface area contributed by atoms with Gasteiger partial charge < -0.3 is 15.5 Å². The molecule has 10 heteroatoms. The number of piperazine rings is 1. The van der Waals surface area contributed by atoms with Crippen molar-refractivity contribution in [3.8, 4) is 0 Å². The lowest BCUT2D eigenvalue weighted by atomic mass is 10.1. The van der Waals surface area contributed by atoms with Crippen molar-refractivity contribution in [2.45, 2.75) is 6.54 Å². The maximum atomic E-state index is 12.5. The molecular weight excluding hydrogens is 374 g/mol. The Morgan fingerprint density at radius 1 is 1.30 bits per heavy atom. The van der Waals surface area contributed by atoms with E-state index in [0.717, 1.165) is 17.8 Å². The van der Waals surface area contributed by atoms with Gasteiger partial charge >= 0.3 is 0 Å². The molecule has 2 amide bonds. The molecule has 9 nitrogen and oxygen atoms in total. The number of amides is 2. The average Bonchev–Trinajstić information content (AvgIpc) is 2.64. The highest BCUT2D eigenvalue weighted by atomic mass is 35.5. The molecule has 0 bridgehead atoms. The van der Waals surface area contributed by atoms with Gasteiger partial charge in [-0.25, -0.2) is 4.98 Å². The molecule has 27 heavy (non-hydrogen) atoms. The highest BCUT2D eigenvalue weighted by molar-refractivity contribution is 6.30. The summed E-state index contributed by atoms with van der Waals surface area (Å²) in [6.45, 7) is 1.28. The monoisotopic (exact) mass is 389 g/mol. The molecule has 1 aromatic carbocycles. The second-order valence-electron chi connectivity index (χ2n) is 6.05. The van der Waals surface area contributed by atoms with Crippen molar-refractivity contribution in [3.63, 3.8) is 0 Å². The fourth-order valence-electron chi connectivity index (χ4n) is 2.85. The van der Waals surface area contributed by atoms with Gasteiger partial charge in [0.2, 0.25) is 5.91 Å². The van der Waals surface area contributed by atoms with Crippen LogP contribution in [0.3, 0.4) is 0 Å². The summed E-state index contributed by atoms with van der Waals surface area (Å²) < 4.78 is 0. The number of hydrogen-bond acceptors (Lipinski definition) is 6. The Morgan fingerprint density at radius 2 is 2.00 bits per heavy atom. The van der Waals surface area contributed by atoms with Crippen LogP contribution in [0.1, 0.15) is 15.9 Å². The van der Waals surface area contributed by atoms with Gasteiger partial charge in [-0.3, -0.25) is 19.7 Å². The van der Waals surface area contributed by atoms with E-state index in [0.29, 0.717) is 24.7 Å². The first-order valence-electron chi connectivity index (χ1n) is 8.06. The van der Waals surface area contributed by atoms with Gasteiger partial charge in [0.1, 0.15) is 12.0 Å². The first-order valence-corrected chi connectivity index (χ1v) is 8.44. The largest absolute Gasteiger partial charge is 0.365 e. The number of nitrogens with two attached hydrogens (primary N) is 1. The van der Waals surface area contributed by atoms with Crippen molar-refractivity contribution < 1.29 is 14.5 Å². The number of halogens is 1. The van der Waals surface area contributed by atoms with E-state index in [1.54, 1.807) is 21.9 Å². The van der Waals surface area contributed by atoms with E-state index in [-0.39, 0.29) is 29.5 Å². The van der Waals surface area contributed by atoms with Crippen LogP contribution in [0.5, 0.6) is 0 Å². The van der Waals surface area contributed by atoms with Crippen LogP contribution in [-0.2, 0) is 11.3 Å². The number of carbonyl (C=O) groups is 2. The Labute approximate surface area is 159 Å². The molecule has 2 aromatic rings. The predicted octanol–water partition coefficient (Wildman–Crippen LogP) is 1.59. The molecule has 1 aliphatic rings. The van der Waals surface area contributed by atoms with Crippen molar-refractivity contribution in [1.82, 2.24) is 9.88 Å². The molecule has 0 spiro atoms. The molecule has 0 unspecified atom stereocenters. The average molecular weight is 390 g/mol. The highest BCUT2D eigenvalue weighted by Gasteiger charge is 2.28. The third kappa shape index (κ3) is 4.14. The molecule has 0 saturated carbocycles. The fourth-order valence-corrected chi connectivity index (χ4v) is 2.97. The van der Waals surface area contributed by atoms with Gasteiger partial charge in [-0.05, 0) is 17.7 Å². The van der Waals surface area contributed by atoms with Gasteiger partial charge in [0.25, 0.3) is 11.6 Å². The van der Waals surface area contributed by atoms with Crippen LogP contribution < -0.4 is 10.6 Å². The Bertz CT molecular complexity index is 903. The van der Waals surface area contributed by atoms with Crippen LogP contribution in [0.25, 0.3) is 0 Å². The summed E-state index contributed by atoms with van der Waals surface area (Å²) in [5.74, 6) is -0.809. The molecule has 1 fully saturated rings. The number of rotatable bonds is 5. The van der Waals surface area contributed by atoms with Crippen LogP contribution >= 0.6 is 11.6 Å². The fraction of sp³-hybridized carbons (Fsp3) is 0.235. The van der Waals surface area contributed by atoms with Gasteiger partial charge in [0, 0.05) is 30.7 Å². The maximum Gasteiger partial charge on any atom is 0.288 e. The number of primary amides is 1. The summed E-state index contributed by atoms with van der Waals surface area (Å²) in [6, 6.07) is 8.31. The first-order chi connectivity index (χ1) is 12.8. The van der Waals surface area contributed by atoms with Crippen LogP contribution in [-0.4, -0.2) is 46.3 Å². The van der Waals surface area contributed by atoms with E-state index in [2.05, 4.69) is 4.98 Å². The summed E-state index contributed by atoms with van der Waals surface area (Å²) >= 11 is 5.87. The van der Waals surface area contributed by atoms with Crippen molar-refractivity contribution in [2.75, 3.05) is 24.5 Å². The standard InChI is InChI=1S/C17H16ClN5O4/c18-12-3-1-11(2-4-12)9-21-5-6-22(10-15(21)24)17-14(16(19)25)7-13(8-20-17)23(26)27/h1-4,7-8H,5-6,9-10H2,(H2,19,25). The van der Waals surface area contributed by atoms with Crippen molar-refractivity contribution in [2.24, 2.45) is 5.73 Å². The van der Waals surface area contributed by atoms with Crippen LogP contribution in [0, 0.1) is 10.1 Å². The van der Waals surface area contributed by atoms with Crippen molar-refractivity contribution in [3.05, 3.63) is 62.8 Å². The third-order valence-electron chi connectivity index (χ3n) is 4.23. The molecule has 1 aliphatic heterocycles. The maximum absolute atomic E-state index is 12.5. The van der Waals surface area contributed by atoms with Gasteiger partial charge in [-0.15, -0.1) is 0 Å². The minimum absolute atomic E-state index is 0.00131. The minimum atomic E-state index is -0.836. The molecule has 140 valence electrons. The summed E-state index contributed by atoms with van der Waals surface area (Å²) in [6.07, 6.45) is 1.05. The summed E-state index contributed by atoms with van der Waals surface area (Å²) in [7, 11) is 0. The first kappa shape index (κ1) is 18.6. The number of carbonyl (C=O) groups excluding carboxylic acids is 2. The van der Waals surface area contributed by atoms with Gasteiger partial charge in [0.05, 0.1) is 17.0 Å². The lowest BCUT2D eigenvalue weighted by Gasteiger charge is -2.35. The molecule has 2 N–H and O–H groups in total. The van der Waals surface area contributed by atoms with Crippen LogP contribution in [0.4, 0.5) is 11.5 Å². The van der Waals surface area contributed by atoms with E-state index in [1.165, 1.54) is 0 Å². The topological polar surface area (TPSA) is 123 Å². The van der Waals surface area contributed by atoms with E-state index in [4.69, 9.17) is 17.3 Å². The zero-order valence-electron chi connectivity index (χ0n) is 14.2. The summed E-state index contributed by atoms with van der Waals surface area (Å²) in [4.78, 5) is 41.7. The summed E-state index contributed by atoms with van der Waals surface area (Å²) in [5, 5.41) is 11.5.